The topological polar surface area (TPSA) is 112 Å². The lowest BCUT2D eigenvalue weighted by Crippen LogP contribution is -2.35. The predicted molar refractivity (Wildman–Crippen MR) is 105 cm³/mol. The van der Waals surface area contributed by atoms with Gasteiger partial charge in [0, 0.05) is 32.7 Å². The van der Waals surface area contributed by atoms with Gasteiger partial charge in [0.05, 0.1) is 30.7 Å². The van der Waals surface area contributed by atoms with Crippen LogP contribution in [0.3, 0.4) is 0 Å². The molecule has 2 N–H and O–H groups in total. The van der Waals surface area contributed by atoms with Gasteiger partial charge in [0.25, 0.3) is 5.56 Å². The first-order valence-corrected chi connectivity index (χ1v) is 9.33. The predicted octanol–water partition coefficient (Wildman–Crippen LogP) is 1.03. The number of hydrogen-bond donors (Lipinski definition) is 2. The Kier molecular flexibility index (Phi) is 8.06. The van der Waals surface area contributed by atoms with Gasteiger partial charge in [-0.3, -0.25) is 14.2 Å². The summed E-state index contributed by atoms with van der Waals surface area (Å²) < 4.78 is 17.0. The summed E-state index contributed by atoms with van der Waals surface area (Å²) in [6, 6.07) is 3.18. The third-order valence-corrected chi connectivity index (χ3v) is 4.06. The number of benzene rings is 1. The number of carbonyl (C=O) groups excluding carboxylic acids is 1. The number of carbonyl (C=O) groups is 1. The van der Waals surface area contributed by atoms with Gasteiger partial charge < -0.3 is 24.5 Å². The van der Waals surface area contributed by atoms with Crippen LogP contribution in [0.25, 0.3) is 10.9 Å². The second-order valence-electron chi connectivity index (χ2n) is 6.04. The lowest BCUT2D eigenvalue weighted by molar-refractivity contribution is -0.121. The van der Waals surface area contributed by atoms with E-state index in [1.165, 1.54) is 0 Å². The maximum atomic E-state index is 12.8. The average molecular weight is 393 g/mol. The van der Waals surface area contributed by atoms with Crippen molar-refractivity contribution in [3.63, 3.8) is 0 Å². The minimum Gasteiger partial charge on any atom is -0.490 e. The van der Waals surface area contributed by atoms with Crippen LogP contribution in [-0.2, 0) is 16.1 Å². The van der Waals surface area contributed by atoms with E-state index >= 15 is 0 Å². The van der Waals surface area contributed by atoms with E-state index in [9.17, 15) is 14.4 Å². The van der Waals surface area contributed by atoms with Crippen LogP contribution in [-0.4, -0.2) is 48.9 Å². The molecule has 0 aliphatic carbocycles. The largest absolute Gasteiger partial charge is 0.490 e. The van der Waals surface area contributed by atoms with E-state index in [1.54, 1.807) is 19.2 Å². The van der Waals surface area contributed by atoms with E-state index in [4.69, 9.17) is 14.2 Å². The molecule has 1 aromatic carbocycles. The van der Waals surface area contributed by atoms with Gasteiger partial charge in [0.2, 0.25) is 5.91 Å². The number of fused-ring (bicyclic) bond motifs is 1. The van der Waals surface area contributed by atoms with Gasteiger partial charge in [-0.2, -0.15) is 0 Å². The number of ether oxygens (including phenoxy) is 3. The van der Waals surface area contributed by atoms with Gasteiger partial charge in [-0.15, -0.1) is 0 Å². The molecule has 9 nitrogen and oxygen atoms in total. The summed E-state index contributed by atoms with van der Waals surface area (Å²) in [5.74, 6) is 0.768. The minimum absolute atomic E-state index is 0.138. The van der Waals surface area contributed by atoms with Crippen LogP contribution in [0, 0.1) is 0 Å². The van der Waals surface area contributed by atoms with Crippen LogP contribution in [0.5, 0.6) is 11.5 Å². The summed E-state index contributed by atoms with van der Waals surface area (Å²) >= 11 is 0. The Balaban J connectivity index is 2.23. The maximum absolute atomic E-state index is 12.8. The van der Waals surface area contributed by atoms with Crippen molar-refractivity contribution < 1.29 is 19.0 Å². The molecule has 154 valence electrons. The lowest BCUT2D eigenvalue weighted by atomic mass is 10.2. The molecule has 0 aliphatic heterocycles. The molecule has 0 unspecified atom stereocenters. The first kappa shape index (κ1) is 21.5. The number of rotatable bonds is 11. The van der Waals surface area contributed by atoms with Crippen LogP contribution in [0.1, 0.15) is 26.7 Å². The van der Waals surface area contributed by atoms with Crippen molar-refractivity contribution in [2.24, 2.45) is 0 Å². The van der Waals surface area contributed by atoms with Gasteiger partial charge in [-0.25, -0.2) is 4.79 Å². The summed E-state index contributed by atoms with van der Waals surface area (Å²) in [6.07, 6.45) is 0.573. The van der Waals surface area contributed by atoms with Gasteiger partial charge >= 0.3 is 5.69 Å². The number of aromatic amines is 1. The highest BCUT2D eigenvalue weighted by Gasteiger charge is 2.14. The Morgan fingerprint density at radius 3 is 2.46 bits per heavy atom. The van der Waals surface area contributed by atoms with Gasteiger partial charge in [0.15, 0.2) is 11.5 Å². The van der Waals surface area contributed by atoms with Crippen molar-refractivity contribution in [3.8, 4) is 11.5 Å². The zero-order chi connectivity index (χ0) is 20.5. The quantitative estimate of drug-likeness (QED) is 0.552. The van der Waals surface area contributed by atoms with Crippen LogP contribution in [0.2, 0.25) is 0 Å². The Labute approximate surface area is 162 Å². The summed E-state index contributed by atoms with van der Waals surface area (Å²) in [4.78, 5) is 39.6. The van der Waals surface area contributed by atoms with Gasteiger partial charge in [0.1, 0.15) is 0 Å². The van der Waals surface area contributed by atoms with Crippen molar-refractivity contribution in [1.82, 2.24) is 14.9 Å². The molecule has 9 heteroatoms. The molecule has 0 saturated heterocycles. The van der Waals surface area contributed by atoms with Gasteiger partial charge in [-0.05, 0) is 26.3 Å². The third-order valence-electron chi connectivity index (χ3n) is 4.06. The number of amides is 1. The SMILES string of the molecule is CCOc1cc2[nH]c(=O)n(CCCC(=O)NCCOC)c(=O)c2cc1OCC. The summed E-state index contributed by atoms with van der Waals surface area (Å²) in [6.45, 7) is 5.52. The molecular formula is C19H27N3O6. The van der Waals surface area contributed by atoms with Crippen molar-refractivity contribution in [3.05, 3.63) is 33.0 Å². The van der Waals surface area contributed by atoms with E-state index in [-0.39, 0.29) is 18.9 Å². The molecule has 2 aromatic rings. The summed E-state index contributed by atoms with van der Waals surface area (Å²) in [5.41, 5.74) is -0.568. The van der Waals surface area contributed by atoms with Crippen LogP contribution < -0.4 is 26.0 Å². The molecule has 28 heavy (non-hydrogen) atoms. The van der Waals surface area contributed by atoms with E-state index < -0.39 is 11.2 Å². The van der Waals surface area contributed by atoms with E-state index in [2.05, 4.69) is 10.3 Å². The highest BCUT2D eigenvalue weighted by molar-refractivity contribution is 5.81. The number of nitrogens with zero attached hydrogens (tertiary/aromatic N) is 1. The third kappa shape index (κ3) is 5.35. The molecule has 0 spiro atoms. The lowest BCUT2D eigenvalue weighted by Gasteiger charge is -2.13. The van der Waals surface area contributed by atoms with Crippen molar-refractivity contribution in [2.75, 3.05) is 33.5 Å². The number of hydrogen-bond acceptors (Lipinski definition) is 6. The summed E-state index contributed by atoms with van der Waals surface area (Å²) in [5, 5.41) is 3.03. The monoisotopic (exact) mass is 393 g/mol. The Morgan fingerprint density at radius 1 is 1.14 bits per heavy atom. The molecular weight excluding hydrogens is 366 g/mol. The molecule has 0 bridgehead atoms. The number of nitrogens with one attached hydrogen (secondary N) is 2. The fourth-order valence-electron chi connectivity index (χ4n) is 2.78. The highest BCUT2D eigenvalue weighted by Crippen LogP contribution is 2.30. The van der Waals surface area contributed by atoms with Crippen molar-refractivity contribution in [1.29, 1.82) is 0 Å². The first-order valence-electron chi connectivity index (χ1n) is 9.33. The number of H-pyrrole nitrogens is 1. The molecule has 1 aromatic heterocycles. The Bertz CT molecular complexity index is 918. The van der Waals surface area contributed by atoms with Crippen LogP contribution >= 0.6 is 0 Å². The first-order chi connectivity index (χ1) is 13.5. The van der Waals surface area contributed by atoms with E-state index in [0.29, 0.717) is 55.2 Å². The highest BCUT2D eigenvalue weighted by atomic mass is 16.5. The molecule has 0 atom stereocenters. The zero-order valence-corrected chi connectivity index (χ0v) is 16.5. The standard InChI is InChI=1S/C19H27N3O6/c1-4-27-15-11-13-14(12-16(15)28-5-2)21-19(25)22(18(13)24)9-6-7-17(23)20-8-10-26-3/h11-12H,4-10H2,1-3H3,(H,20,23)(H,21,25). The molecule has 1 amide bonds. The van der Waals surface area contributed by atoms with Gasteiger partial charge in [-0.1, -0.05) is 0 Å². The summed E-state index contributed by atoms with van der Waals surface area (Å²) in [7, 11) is 1.55. The molecule has 1 heterocycles. The second kappa shape index (κ2) is 10.5. The number of aromatic nitrogens is 2. The maximum Gasteiger partial charge on any atom is 0.328 e. The molecule has 0 saturated carbocycles. The van der Waals surface area contributed by atoms with Crippen LogP contribution in [0.15, 0.2) is 21.7 Å². The normalized spacial score (nSPS) is 10.8. The molecule has 2 rings (SSSR count). The molecule has 0 fully saturated rings. The average Bonchev–Trinajstić information content (AvgIpc) is 2.66. The van der Waals surface area contributed by atoms with Crippen molar-refractivity contribution in [2.45, 2.75) is 33.2 Å². The van der Waals surface area contributed by atoms with Crippen LogP contribution in [0.4, 0.5) is 0 Å². The van der Waals surface area contributed by atoms with Crippen molar-refractivity contribution >= 4 is 16.8 Å². The van der Waals surface area contributed by atoms with E-state index in [0.717, 1.165) is 4.57 Å². The fourth-order valence-corrected chi connectivity index (χ4v) is 2.78. The zero-order valence-electron chi connectivity index (χ0n) is 16.5. The minimum atomic E-state index is -0.524. The Hall–Kier alpha value is -2.81. The second-order valence-corrected chi connectivity index (χ2v) is 6.04. The number of methoxy groups -OCH3 is 1. The Morgan fingerprint density at radius 2 is 1.82 bits per heavy atom. The van der Waals surface area contributed by atoms with E-state index in [1.807, 2.05) is 13.8 Å². The molecule has 0 aliphatic rings. The molecule has 0 radical (unpaired) electrons. The fraction of sp³-hybridized carbons (Fsp3) is 0.526. The smallest absolute Gasteiger partial charge is 0.328 e.